The molecule has 8 heteroatoms. The number of anilines is 1. The number of benzene rings is 1. The van der Waals surface area contributed by atoms with E-state index in [1.54, 1.807) is 12.1 Å². The van der Waals surface area contributed by atoms with Gasteiger partial charge in [-0.25, -0.2) is 17.9 Å². The maximum Gasteiger partial charge on any atom is 0.238 e. The highest BCUT2D eigenvalue weighted by Gasteiger charge is 2.13. The Balaban J connectivity index is 2.01. The number of nitrogens with two attached hydrogens (primary N) is 1. The first-order chi connectivity index (χ1) is 9.86. The molecule has 2 rings (SSSR count). The van der Waals surface area contributed by atoms with Crippen LogP contribution in [0.3, 0.4) is 0 Å². The van der Waals surface area contributed by atoms with Crippen LogP contribution in [-0.2, 0) is 21.2 Å². The van der Waals surface area contributed by atoms with Gasteiger partial charge in [0.2, 0.25) is 15.9 Å². The van der Waals surface area contributed by atoms with Crippen molar-refractivity contribution in [3.63, 3.8) is 0 Å². The molecule has 1 heterocycles. The van der Waals surface area contributed by atoms with Crippen molar-refractivity contribution in [1.82, 2.24) is 0 Å². The molecule has 21 heavy (non-hydrogen) atoms. The van der Waals surface area contributed by atoms with E-state index in [9.17, 15) is 17.6 Å². The summed E-state index contributed by atoms with van der Waals surface area (Å²) in [4.78, 5) is 11.3. The van der Waals surface area contributed by atoms with Gasteiger partial charge in [0.05, 0.1) is 16.8 Å². The predicted molar refractivity (Wildman–Crippen MR) is 73.4 cm³/mol. The third-order valence-corrected chi connectivity index (χ3v) is 3.63. The second-order valence-electron chi connectivity index (χ2n) is 4.31. The lowest BCUT2D eigenvalue weighted by Crippen LogP contribution is -2.15. The van der Waals surface area contributed by atoms with Crippen molar-refractivity contribution in [2.24, 2.45) is 5.14 Å². The van der Waals surface area contributed by atoms with Crippen LogP contribution in [0.1, 0.15) is 12.2 Å². The van der Waals surface area contributed by atoms with Gasteiger partial charge in [-0.15, -0.1) is 0 Å². The first-order valence-electron chi connectivity index (χ1n) is 6.01. The van der Waals surface area contributed by atoms with Crippen LogP contribution in [0.2, 0.25) is 0 Å². The molecule has 0 spiro atoms. The number of carbonyl (C=O) groups excluding carboxylic acids is 1. The number of primary sulfonamides is 1. The highest BCUT2D eigenvalue weighted by molar-refractivity contribution is 7.89. The molecule has 0 fully saturated rings. The number of halogens is 1. The summed E-state index contributed by atoms with van der Waals surface area (Å²) in [5.74, 6) is -0.628. The van der Waals surface area contributed by atoms with Gasteiger partial charge in [0.15, 0.2) is 0 Å². The number of carbonyl (C=O) groups is 1. The zero-order valence-corrected chi connectivity index (χ0v) is 11.7. The Hall–Kier alpha value is -2.19. The van der Waals surface area contributed by atoms with Crippen molar-refractivity contribution >= 4 is 21.6 Å². The van der Waals surface area contributed by atoms with Gasteiger partial charge in [-0.05, 0) is 30.3 Å². The van der Waals surface area contributed by atoms with Crippen molar-refractivity contribution < 1.29 is 22.0 Å². The van der Waals surface area contributed by atoms with Gasteiger partial charge in [0.25, 0.3) is 0 Å². The molecule has 0 saturated carbocycles. The van der Waals surface area contributed by atoms with Crippen LogP contribution in [0, 0.1) is 5.82 Å². The fraction of sp³-hybridized carbons (Fsp3) is 0.154. The maximum atomic E-state index is 13.7. The minimum absolute atomic E-state index is 0.105. The summed E-state index contributed by atoms with van der Waals surface area (Å²) < 4.78 is 40.9. The standard InChI is InChI=1S/C13H13FN2O4S/c14-11-8-10(21(15,18)19)4-5-12(11)16-13(17)6-3-9-2-1-7-20-9/h1-2,4-5,7-8H,3,6H2,(H,16,17)(H2,15,18,19). The summed E-state index contributed by atoms with van der Waals surface area (Å²) in [6.07, 6.45) is 2.00. The molecule has 0 atom stereocenters. The van der Waals surface area contributed by atoms with E-state index >= 15 is 0 Å². The van der Waals surface area contributed by atoms with Crippen LogP contribution >= 0.6 is 0 Å². The third-order valence-electron chi connectivity index (χ3n) is 2.72. The number of sulfonamides is 1. The molecule has 0 aliphatic rings. The minimum Gasteiger partial charge on any atom is -0.469 e. The minimum atomic E-state index is -3.98. The highest BCUT2D eigenvalue weighted by atomic mass is 32.2. The first kappa shape index (κ1) is 15.2. The molecule has 0 unspecified atom stereocenters. The maximum absolute atomic E-state index is 13.7. The average Bonchev–Trinajstić information content (AvgIpc) is 2.91. The Morgan fingerprint density at radius 2 is 2.10 bits per heavy atom. The molecular weight excluding hydrogens is 299 g/mol. The molecule has 1 aromatic carbocycles. The molecule has 6 nitrogen and oxygen atoms in total. The summed E-state index contributed by atoms with van der Waals surface area (Å²) >= 11 is 0. The number of rotatable bonds is 5. The fourth-order valence-corrected chi connectivity index (χ4v) is 2.20. The quantitative estimate of drug-likeness (QED) is 0.876. The van der Waals surface area contributed by atoms with Crippen LogP contribution in [0.15, 0.2) is 45.9 Å². The molecule has 3 N–H and O–H groups in total. The molecule has 1 amide bonds. The summed E-state index contributed by atoms with van der Waals surface area (Å²) in [6.45, 7) is 0. The van der Waals surface area contributed by atoms with Gasteiger partial charge in [-0.1, -0.05) is 0 Å². The Labute approximate surface area is 120 Å². The van der Waals surface area contributed by atoms with Gasteiger partial charge in [0.1, 0.15) is 11.6 Å². The SMILES string of the molecule is NS(=O)(=O)c1ccc(NC(=O)CCc2ccco2)c(F)c1. The van der Waals surface area contributed by atoms with E-state index in [1.165, 1.54) is 6.26 Å². The number of aryl methyl sites for hydroxylation is 1. The molecular formula is C13H13FN2O4S. The number of hydrogen-bond acceptors (Lipinski definition) is 4. The number of amides is 1. The molecule has 1 aromatic heterocycles. The fourth-order valence-electron chi connectivity index (χ4n) is 1.68. The van der Waals surface area contributed by atoms with Crippen molar-refractivity contribution in [3.8, 4) is 0 Å². The molecule has 0 aliphatic carbocycles. The average molecular weight is 312 g/mol. The van der Waals surface area contributed by atoms with Gasteiger partial charge < -0.3 is 9.73 Å². The number of nitrogens with one attached hydrogen (secondary N) is 1. The highest BCUT2D eigenvalue weighted by Crippen LogP contribution is 2.18. The van der Waals surface area contributed by atoms with Crippen molar-refractivity contribution in [2.75, 3.05) is 5.32 Å². The second kappa shape index (κ2) is 6.06. The lowest BCUT2D eigenvalue weighted by molar-refractivity contribution is -0.116. The van der Waals surface area contributed by atoms with Crippen LogP contribution in [0.4, 0.5) is 10.1 Å². The second-order valence-corrected chi connectivity index (χ2v) is 5.88. The first-order valence-corrected chi connectivity index (χ1v) is 7.55. The van der Waals surface area contributed by atoms with Gasteiger partial charge >= 0.3 is 0 Å². The van der Waals surface area contributed by atoms with Crippen molar-refractivity contribution in [1.29, 1.82) is 0 Å². The normalized spacial score (nSPS) is 11.3. The van der Waals surface area contributed by atoms with Crippen LogP contribution in [0.5, 0.6) is 0 Å². The Morgan fingerprint density at radius 1 is 1.33 bits per heavy atom. The lowest BCUT2D eigenvalue weighted by atomic mass is 10.2. The Bertz CT molecular complexity index is 742. The molecule has 0 aliphatic heterocycles. The van der Waals surface area contributed by atoms with E-state index in [1.807, 2.05) is 0 Å². The smallest absolute Gasteiger partial charge is 0.238 e. The molecule has 0 bridgehead atoms. The van der Waals surface area contributed by atoms with E-state index < -0.39 is 21.7 Å². The predicted octanol–water partition coefficient (Wildman–Crippen LogP) is 1.64. The zero-order chi connectivity index (χ0) is 15.5. The molecule has 0 radical (unpaired) electrons. The van der Waals surface area contributed by atoms with Crippen molar-refractivity contribution in [3.05, 3.63) is 48.2 Å². The molecule has 112 valence electrons. The summed E-state index contributed by atoms with van der Waals surface area (Å²) in [5, 5.41) is 7.25. The lowest BCUT2D eigenvalue weighted by Gasteiger charge is -2.07. The van der Waals surface area contributed by atoms with E-state index in [4.69, 9.17) is 9.56 Å². The van der Waals surface area contributed by atoms with E-state index in [2.05, 4.69) is 5.32 Å². The summed E-state index contributed by atoms with van der Waals surface area (Å²) in [7, 11) is -3.98. The zero-order valence-electron chi connectivity index (χ0n) is 10.9. The Morgan fingerprint density at radius 3 is 2.67 bits per heavy atom. The van der Waals surface area contributed by atoms with E-state index in [0.29, 0.717) is 12.2 Å². The molecule has 0 saturated heterocycles. The van der Waals surface area contributed by atoms with Gasteiger partial charge in [-0.3, -0.25) is 4.79 Å². The van der Waals surface area contributed by atoms with Crippen molar-refractivity contribution in [2.45, 2.75) is 17.7 Å². The topological polar surface area (TPSA) is 102 Å². The Kier molecular flexibility index (Phi) is 4.39. The largest absolute Gasteiger partial charge is 0.469 e. The van der Waals surface area contributed by atoms with E-state index in [0.717, 1.165) is 18.2 Å². The summed E-state index contributed by atoms with van der Waals surface area (Å²) in [6, 6.07) is 6.48. The van der Waals surface area contributed by atoms with Crippen LogP contribution in [0.25, 0.3) is 0 Å². The summed E-state index contributed by atoms with van der Waals surface area (Å²) in [5.41, 5.74) is -0.105. The van der Waals surface area contributed by atoms with Gasteiger partial charge in [0, 0.05) is 12.8 Å². The third kappa shape index (κ3) is 4.14. The van der Waals surface area contributed by atoms with Crippen LogP contribution in [-0.4, -0.2) is 14.3 Å². The number of hydrogen-bond donors (Lipinski definition) is 2. The van der Waals surface area contributed by atoms with Gasteiger partial charge in [-0.2, -0.15) is 0 Å². The monoisotopic (exact) mass is 312 g/mol. The molecule has 2 aromatic rings. The van der Waals surface area contributed by atoms with Crippen LogP contribution < -0.4 is 10.5 Å². The number of furan rings is 1. The van der Waals surface area contributed by atoms with E-state index in [-0.39, 0.29) is 17.0 Å².